The predicted octanol–water partition coefficient (Wildman–Crippen LogP) is 1.50. The van der Waals surface area contributed by atoms with Crippen LogP contribution in [-0.4, -0.2) is 9.97 Å². The van der Waals surface area contributed by atoms with Gasteiger partial charge in [-0.05, 0) is 12.1 Å². The molecule has 3 nitrogen and oxygen atoms in total. The molecule has 0 amide bonds. The summed E-state index contributed by atoms with van der Waals surface area (Å²) in [5.41, 5.74) is 0.645. The average molecular weight is 227 g/mol. The van der Waals surface area contributed by atoms with Crippen LogP contribution in [0.2, 0.25) is 0 Å². The average Bonchev–Trinajstić information content (AvgIpc) is 2.06. The third-order valence-corrected chi connectivity index (χ3v) is 1.55. The van der Waals surface area contributed by atoms with Crippen molar-refractivity contribution in [3.05, 3.63) is 40.9 Å². The van der Waals surface area contributed by atoms with Gasteiger partial charge in [0.05, 0.1) is 17.2 Å². The fraction of sp³-hybridized carbons (Fsp3) is 0. The molecular weight excluding hydrogens is 220 g/mol. The lowest BCUT2D eigenvalue weighted by Gasteiger charge is -1.91. The molecule has 0 aliphatic carbocycles. The van der Waals surface area contributed by atoms with E-state index in [-0.39, 0.29) is 22.5 Å². The summed E-state index contributed by atoms with van der Waals surface area (Å²) in [7, 11) is 0. The lowest BCUT2D eigenvalue weighted by Crippen LogP contribution is -2.05. The lowest BCUT2D eigenvalue weighted by molar-refractivity contribution is 1.17. The van der Waals surface area contributed by atoms with E-state index in [9.17, 15) is 4.79 Å². The predicted molar refractivity (Wildman–Crippen MR) is 52.7 cm³/mol. The van der Waals surface area contributed by atoms with E-state index >= 15 is 0 Å². The molecule has 4 heteroatoms. The minimum absolute atomic E-state index is 0. The van der Waals surface area contributed by atoms with Crippen LogP contribution < -0.4 is 5.56 Å². The van der Waals surface area contributed by atoms with Gasteiger partial charge in [0.15, 0.2) is 0 Å². The van der Waals surface area contributed by atoms with Gasteiger partial charge in [-0.15, -0.1) is 17.0 Å². The number of para-hydroxylation sites is 1. The Morgan fingerprint density at radius 3 is 2.75 bits per heavy atom. The fourth-order valence-corrected chi connectivity index (χ4v) is 1.02. The van der Waals surface area contributed by atoms with Crippen LogP contribution in [0.4, 0.5) is 0 Å². The number of rotatable bonds is 0. The number of hydrogen-bond acceptors (Lipinski definition) is 2. The van der Waals surface area contributed by atoms with Crippen molar-refractivity contribution in [1.29, 1.82) is 0 Å². The molecular formula is C8H7BrN2O. The molecule has 1 heterocycles. The SMILES string of the molecule is Br.O=c1[nH]cnc2ccccc12. The minimum Gasteiger partial charge on any atom is -0.313 e. The maximum absolute atomic E-state index is 11.1. The maximum atomic E-state index is 11.1. The smallest absolute Gasteiger partial charge is 0.258 e. The second kappa shape index (κ2) is 3.49. The summed E-state index contributed by atoms with van der Waals surface area (Å²) in [5, 5.41) is 0.634. The van der Waals surface area contributed by atoms with Gasteiger partial charge in [-0.1, -0.05) is 12.1 Å². The lowest BCUT2D eigenvalue weighted by atomic mass is 10.2. The highest BCUT2D eigenvalue weighted by atomic mass is 79.9. The molecule has 1 aromatic heterocycles. The van der Waals surface area contributed by atoms with Crippen LogP contribution in [0, 0.1) is 0 Å². The highest BCUT2D eigenvalue weighted by Crippen LogP contribution is 2.02. The summed E-state index contributed by atoms with van der Waals surface area (Å²) < 4.78 is 0. The Morgan fingerprint density at radius 2 is 2.00 bits per heavy atom. The monoisotopic (exact) mass is 226 g/mol. The third kappa shape index (κ3) is 1.38. The highest BCUT2D eigenvalue weighted by molar-refractivity contribution is 8.93. The van der Waals surface area contributed by atoms with Gasteiger partial charge in [0.25, 0.3) is 5.56 Å². The van der Waals surface area contributed by atoms with Crippen molar-refractivity contribution in [3.8, 4) is 0 Å². The molecule has 0 aliphatic rings. The first-order valence-corrected chi connectivity index (χ1v) is 3.30. The Hall–Kier alpha value is -1.16. The highest BCUT2D eigenvalue weighted by Gasteiger charge is 1.94. The van der Waals surface area contributed by atoms with E-state index in [1.807, 2.05) is 18.2 Å². The molecule has 0 aliphatic heterocycles. The van der Waals surface area contributed by atoms with Crippen LogP contribution in [0.25, 0.3) is 10.9 Å². The summed E-state index contributed by atoms with van der Waals surface area (Å²) in [6, 6.07) is 7.24. The van der Waals surface area contributed by atoms with E-state index in [1.165, 1.54) is 6.33 Å². The maximum Gasteiger partial charge on any atom is 0.258 e. The van der Waals surface area contributed by atoms with Crippen molar-refractivity contribution in [2.24, 2.45) is 0 Å². The molecule has 0 atom stereocenters. The van der Waals surface area contributed by atoms with E-state index in [1.54, 1.807) is 6.07 Å². The Bertz CT molecular complexity index is 433. The van der Waals surface area contributed by atoms with Crippen LogP contribution >= 0.6 is 17.0 Å². The summed E-state index contributed by atoms with van der Waals surface area (Å²) in [6.07, 6.45) is 1.41. The minimum atomic E-state index is -0.0874. The van der Waals surface area contributed by atoms with Gasteiger partial charge in [-0.25, -0.2) is 4.98 Å². The number of nitrogens with zero attached hydrogens (tertiary/aromatic N) is 1. The van der Waals surface area contributed by atoms with E-state index in [2.05, 4.69) is 9.97 Å². The van der Waals surface area contributed by atoms with Gasteiger partial charge in [0.2, 0.25) is 0 Å². The number of aromatic amines is 1. The number of benzene rings is 1. The molecule has 1 N–H and O–H groups in total. The zero-order chi connectivity index (χ0) is 7.68. The third-order valence-electron chi connectivity index (χ3n) is 1.55. The number of halogens is 1. The van der Waals surface area contributed by atoms with Crippen LogP contribution in [0.5, 0.6) is 0 Å². The fourth-order valence-electron chi connectivity index (χ4n) is 1.02. The molecule has 0 spiro atoms. The topological polar surface area (TPSA) is 45.8 Å². The van der Waals surface area contributed by atoms with Gasteiger partial charge in [0, 0.05) is 0 Å². The zero-order valence-corrected chi connectivity index (χ0v) is 7.86. The molecule has 1 aromatic carbocycles. The molecule has 12 heavy (non-hydrogen) atoms. The van der Waals surface area contributed by atoms with E-state index in [0.717, 1.165) is 5.52 Å². The van der Waals surface area contributed by atoms with Gasteiger partial charge in [-0.3, -0.25) is 4.79 Å². The number of aromatic nitrogens is 2. The molecule has 0 saturated carbocycles. The second-order valence-electron chi connectivity index (χ2n) is 2.25. The Labute approximate surface area is 79.2 Å². The van der Waals surface area contributed by atoms with Gasteiger partial charge in [-0.2, -0.15) is 0 Å². The number of fused-ring (bicyclic) bond motifs is 1. The molecule has 0 radical (unpaired) electrons. The van der Waals surface area contributed by atoms with Gasteiger partial charge >= 0.3 is 0 Å². The quantitative estimate of drug-likeness (QED) is 0.741. The van der Waals surface area contributed by atoms with Crippen LogP contribution in [0.15, 0.2) is 35.4 Å². The van der Waals surface area contributed by atoms with Crippen LogP contribution in [-0.2, 0) is 0 Å². The number of H-pyrrole nitrogens is 1. The molecule has 0 saturated heterocycles. The standard InChI is InChI=1S/C8H6N2O.BrH/c11-8-6-3-1-2-4-7(6)9-5-10-8;/h1-5H,(H,9,10,11);1H. The summed E-state index contributed by atoms with van der Waals surface area (Å²) in [5.74, 6) is 0. The van der Waals surface area contributed by atoms with Crippen LogP contribution in [0.1, 0.15) is 0 Å². The number of hydrogen-bond donors (Lipinski definition) is 1. The van der Waals surface area contributed by atoms with E-state index < -0.39 is 0 Å². The van der Waals surface area contributed by atoms with Crippen molar-refractivity contribution in [2.75, 3.05) is 0 Å². The van der Waals surface area contributed by atoms with Gasteiger partial charge in [0.1, 0.15) is 0 Å². The molecule has 62 valence electrons. The first-order valence-electron chi connectivity index (χ1n) is 3.30. The molecule has 2 aromatic rings. The van der Waals surface area contributed by atoms with Crippen molar-refractivity contribution >= 4 is 27.9 Å². The molecule has 0 fully saturated rings. The summed E-state index contributed by atoms with van der Waals surface area (Å²) in [4.78, 5) is 17.6. The zero-order valence-electron chi connectivity index (χ0n) is 6.15. The molecule has 0 bridgehead atoms. The summed E-state index contributed by atoms with van der Waals surface area (Å²) >= 11 is 0. The van der Waals surface area contributed by atoms with Crippen LogP contribution in [0.3, 0.4) is 0 Å². The van der Waals surface area contributed by atoms with E-state index in [0.29, 0.717) is 5.39 Å². The van der Waals surface area contributed by atoms with Crippen molar-refractivity contribution in [2.45, 2.75) is 0 Å². The largest absolute Gasteiger partial charge is 0.313 e. The van der Waals surface area contributed by atoms with Crippen molar-refractivity contribution < 1.29 is 0 Å². The Balaban J connectivity index is 0.000000720. The first-order chi connectivity index (χ1) is 5.38. The summed E-state index contributed by atoms with van der Waals surface area (Å²) in [6.45, 7) is 0. The Kier molecular flexibility index (Phi) is 2.60. The second-order valence-corrected chi connectivity index (χ2v) is 2.25. The van der Waals surface area contributed by atoms with Crippen molar-refractivity contribution in [3.63, 3.8) is 0 Å². The molecule has 0 unspecified atom stereocenters. The van der Waals surface area contributed by atoms with E-state index in [4.69, 9.17) is 0 Å². The van der Waals surface area contributed by atoms with Gasteiger partial charge < -0.3 is 4.98 Å². The normalized spacial score (nSPS) is 9.33. The number of nitrogens with one attached hydrogen (secondary N) is 1. The first kappa shape index (κ1) is 8.93. The molecule has 2 rings (SSSR count). The Morgan fingerprint density at radius 1 is 1.25 bits per heavy atom. The van der Waals surface area contributed by atoms with Crippen molar-refractivity contribution in [1.82, 2.24) is 9.97 Å².